The van der Waals surface area contributed by atoms with E-state index in [1.807, 2.05) is 6.92 Å². The van der Waals surface area contributed by atoms with E-state index < -0.39 is 24.1 Å². The predicted molar refractivity (Wildman–Crippen MR) is 80.4 cm³/mol. The van der Waals surface area contributed by atoms with Gasteiger partial charge in [-0.05, 0) is 31.4 Å². The normalized spacial score (nSPS) is 39.7. The van der Waals surface area contributed by atoms with Crippen molar-refractivity contribution in [1.82, 2.24) is 0 Å². The third-order valence-corrected chi connectivity index (χ3v) is 4.91. The lowest BCUT2D eigenvalue weighted by Gasteiger charge is -2.24. The molecule has 2 aliphatic heterocycles. The van der Waals surface area contributed by atoms with Gasteiger partial charge in [-0.1, -0.05) is 6.58 Å². The maximum absolute atomic E-state index is 11.8. The van der Waals surface area contributed by atoms with Crippen LogP contribution in [0, 0.1) is 5.92 Å². The molecule has 3 aliphatic rings. The Kier molecular flexibility index (Phi) is 4.06. The Bertz CT molecular complexity index is 580. The molecular weight excluding hydrogens is 300 g/mol. The fourth-order valence-corrected chi connectivity index (χ4v) is 3.52. The van der Waals surface area contributed by atoms with Crippen molar-refractivity contribution >= 4 is 11.9 Å². The van der Waals surface area contributed by atoms with Crippen LogP contribution in [0.3, 0.4) is 0 Å². The lowest BCUT2D eigenvalue weighted by Crippen LogP contribution is -2.33. The topological polar surface area (TPSA) is 85.4 Å². The second-order valence-electron chi connectivity index (χ2n) is 6.76. The van der Waals surface area contributed by atoms with Crippen molar-refractivity contribution in [3.63, 3.8) is 0 Å². The Morgan fingerprint density at radius 3 is 3.00 bits per heavy atom. The van der Waals surface area contributed by atoms with Crippen LogP contribution in [-0.2, 0) is 23.8 Å². The number of hydrogen-bond donors (Lipinski definition) is 1. The molecule has 5 atom stereocenters. The van der Waals surface area contributed by atoms with Gasteiger partial charge in [-0.2, -0.15) is 0 Å². The van der Waals surface area contributed by atoms with Gasteiger partial charge in [0, 0.05) is 18.9 Å². The van der Waals surface area contributed by atoms with E-state index in [2.05, 4.69) is 6.58 Å². The van der Waals surface area contributed by atoms with Crippen molar-refractivity contribution in [3.05, 3.63) is 23.8 Å². The minimum Gasteiger partial charge on any atom is -0.461 e. The quantitative estimate of drug-likeness (QED) is 0.357. The van der Waals surface area contributed by atoms with Gasteiger partial charge in [0.1, 0.15) is 12.7 Å². The van der Waals surface area contributed by atoms with E-state index in [0.717, 1.165) is 12.0 Å². The molecule has 0 aromatic rings. The summed E-state index contributed by atoms with van der Waals surface area (Å²) in [4.78, 5) is 22.9. The highest BCUT2D eigenvalue weighted by atomic mass is 16.6. The molecule has 23 heavy (non-hydrogen) atoms. The maximum Gasteiger partial charge on any atom is 0.334 e. The Labute approximate surface area is 135 Å². The molecule has 0 spiro atoms. The molecule has 0 saturated carbocycles. The van der Waals surface area contributed by atoms with E-state index in [9.17, 15) is 14.7 Å². The molecular formula is C17H22O6. The van der Waals surface area contributed by atoms with Gasteiger partial charge in [-0.3, -0.25) is 4.79 Å². The molecule has 126 valence electrons. The van der Waals surface area contributed by atoms with Crippen molar-refractivity contribution in [2.45, 2.75) is 57.0 Å². The molecule has 6 heteroatoms. The Balaban J connectivity index is 1.87. The van der Waals surface area contributed by atoms with E-state index in [1.165, 1.54) is 6.92 Å². The van der Waals surface area contributed by atoms with Crippen LogP contribution >= 0.6 is 0 Å². The van der Waals surface area contributed by atoms with Crippen molar-refractivity contribution in [3.8, 4) is 0 Å². The van der Waals surface area contributed by atoms with Gasteiger partial charge in [0.05, 0.1) is 23.7 Å². The van der Waals surface area contributed by atoms with Crippen molar-refractivity contribution in [1.29, 1.82) is 0 Å². The first-order chi connectivity index (χ1) is 10.8. The lowest BCUT2D eigenvalue weighted by molar-refractivity contribution is -0.140. The van der Waals surface area contributed by atoms with E-state index in [4.69, 9.17) is 14.2 Å². The van der Waals surface area contributed by atoms with Crippen molar-refractivity contribution in [2.75, 3.05) is 6.61 Å². The monoisotopic (exact) mass is 322 g/mol. The van der Waals surface area contributed by atoms with Gasteiger partial charge < -0.3 is 19.3 Å². The van der Waals surface area contributed by atoms with Gasteiger partial charge in [-0.25, -0.2) is 4.79 Å². The second kappa shape index (κ2) is 5.76. The molecule has 5 unspecified atom stereocenters. The highest BCUT2D eigenvalue weighted by Crippen LogP contribution is 2.46. The first-order valence-corrected chi connectivity index (χ1v) is 7.89. The van der Waals surface area contributed by atoms with Crippen LogP contribution in [0.4, 0.5) is 0 Å². The third kappa shape index (κ3) is 3.19. The largest absolute Gasteiger partial charge is 0.461 e. The number of epoxide rings is 1. The van der Waals surface area contributed by atoms with E-state index in [1.54, 1.807) is 6.08 Å². The van der Waals surface area contributed by atoms with Crippen LogP contribution in [0.1, 0.15) is 33.1 Å². The van der Waals surface area contributed by atoms with Gasteiger partial charge in [-0.15, -0.1) is 0 Å². The number of fused-ring (bicyclic) bond motifs is 2. The smallest absolute Gasteiger partial charge is 0.334 e. The lowest BCUT2D eigenvalue weighted by atomic mass is 9.82. The summed E-state index contributed by atoms with van der Waals surface area (Å²) in [7, 11) is 0. The van der Waals surface area contributed by atoms with E-state index >= 15 is 0 Å². The maximum atomic E-state index is 11.8. The molecule has 6 nitrogen and oxygen atoms in total. The number of esters is 2. The molecule has 2 saturated heterocycles. The summed E-state index contributed by atoms with van der Waals surface area (Å²) in [5.41, 5.74) is 0.774. The molecule has 2 fully saturated rings. The number of hydrogen-bond acceptors (Lipinski definition) is 6. The number of ether oxygens (including phenoxy) is 3. The predicted octanol–water partition coefficient (Wildman–Crippen LogP) is 1.28. The molecule has 0 bridgehead atoms. The zero-order valence-corrected chi connectivity index (χ0v) is 13.4. The number of carbonyl (C=O) groups is 2. The minimum absolute atomic E-state index is 0.0701. The van der Waals surface area contributed by atoms with Crippen LogP contribution < -0.4 is 0 Å². The number of carbonyl (C=O) groups excluding carboxylic acids is 2. The van der Waals surface area contributed by atoms with Crippen LogP contribution in [0.25, 0.3) is 0 Å². The minimum atomic E-state index is -0.765. The molecule has 0 aromatic heterocycles. The molecule has 2 heterocycles. The Morgan fingerprint density at radius 1 is 1.57 bits per heavy atom. The van der Waals surface area contributed by atoms with Crippen LogP contribution in [0.5, 0.6) is 0 Å². The first-order valence-electron chi connectivity index (χ1n) is 7.89. The van der Waals surface area contributed by atoms with Crippen molar-refractivity contribution in [2.24, 2.45) is 5.92 Å². The summed E-state index contributed by atoms with van der Waals surface area (Å²) in [6.07, 6.45) is 2.44. The molecule has 0 radical (unpaired) electrons. The molecule has 0 amide bonds. The van der Waals surface area contributed by atoms with Crippen LogP contribution in [-0.4, -0.2) is 47.6 Å². The summed E-state index contributed by atoms with van der Waals surface area (Å²) >= 11 is 0. The molecule has 3 rings (SSSR count). The van der Waals surface area contributed by atoms with Crippen LogP contribution in [0.15, 0.2) is 23.8 Å². The number of aliphatic hydroxyl groups excluding tert-OH is 1. The van der Waals surface area contributed by atoms with Crippen LogP contribution in [0.2, 0.25) is 0 Å². The SMILES string of the molecule is C=C1C(=O)OC2C=C(COC(C)=O)CCC3OC3(C)CC(O)C12. The van der Waals surface area contributed by atoms with Gasteiger partial charge >= 0.3 is 11.9 Å². The summed E-state index contributed by atoms with van der Waals surface area (Å²) in [6.45, 7) is 7.24. The van der Waals surface area contributed by atoms with E-state index in [0.29, 0.717) is 12.8 Å². The van der Waals surface area contributed by atoms with Gasteiger partial charge in [0.15, 0.2) is 0 Å². The Morgan fingerprint density at radius 2 is 2.30 bits per heavy atom. The summed E-state index contributed by atoms with van der Waals surface area (Å²) in [6, 6.07) is 0. The summed E-state index contributed by atoms with van der Waals surface area (Å²) < 4.78 is 16.2. The Hall–Kier alpha value is -1.66. The highest BCUT2D eigenvalue weighted by molar-refractivity contribution is 5.91. The third-order valence-electron chi connectivity index (χ3n) is 4.91. The van der Waals surface area contributed by atoms with Crippen molar-refractivity contribution < 1.29 is 28.9 Å². The number of rotatable bonds is 2. The molecule has 1 aliphatic carbocycles. The average Bonchev–Trinajstić information content (AvgIpc) is 3.00. The van der Waals surface area contributed by atoms with Gasteiger partial charge in [0.2, 0.25) is 0 Å². The fraction of sp³-hybridized carbons (Fsp3) is 0.647. The summed E-state index contributed by atoms with van der Waals surface area (Å²) in [5, 5.41) is 10.6. The summed E-state index contributed by atoms with van der Waals surface area (Å²) in [5.74, 6) is -1.34. The standard InChI is InChI=1S/C17H22O6/c1-9-15-12(19)7-17(3)14(23-17)5-4-11(8-21-10(2)18)6-13(15)22-16(9)20/h6,12-15,19H,1,4-5,7-8H2,2-3H3. The number of aliphatic hydroxyl groups is 1. The fourth-order valence-electron chi connectivity index (χ4n) is 3.52. The molecule has 0 aromatic carbocycles. The second-order valence-corrected chi connectivity index (χ2v) is 6.76. The van der Waals surface area contributed by atoms with E-state index in [-0.39, 0.29) is 29.9 Å². The highest BCUT2D eigenvalue weighted by Gasteiger charge is 2.55. The zero-order valence-electron chi connectivity index (χ0n) is 13.4. The zero-order chi connectivity index (χ0) is 16.8. The average molecular weight is 322 g/mol. The van der Waals surface area contributed by atoms with Gasteiger partial charge in [0.25, 0.3) is 0 Å². The molecule has 1 N–H and O–H groups in total. The first kappa shape index (κ1) is 16.2.